The molecule has 0 unspecified atom stereocenters. The molecule has 1 aromatic carbocycles. The van der Waals surface area contributed by atoms with E-state index in [0.29, 0.717) is 13.1 Å². The van der Waals surface area contributed by atoms with Crippen molar-refractivity contribution in [2.24, 2.45) is 0 Å². The van der Waals surface area contributed by atoms with Gasteiger partial charge >= 0.3 is 0 Å². The Labute approximate surface area is 120 Å². The highest BCUT2D eigenvalue weighted by Gasteiger charge is 2.22. The first-order valence-electron chi connectivity index (χ1n) is 6.46. The first kappa shape index (κ1) is 14.9. The van der Waals surface area contributed by atoms with Crippen molar-refractivity contribution in [3.8, 4) is 0 Å². The third-order valence-electron chi connectivity index (χ3n) is 3.29. The Morgan fingerprint density at radius 2 is 1.85 bits per heavy atom. The molecule has 0 aliphatic carbocycles. The lowest BCUT2D eigenvalue weighted by Crippen LogP contribution is -2.39. The molecule has 0 aliphatic heterocycles. The van der Waals surface area contributed by atoms with E-state index in [1.165, 1.54) is 8.61 Å². The number of para-hydroxylation sites is 1. The highest BCUT2D eigenvalue weighted by atomic mass is 32.2. The Balaban J connectivity index is 2.24. The van der Waals surface area contributed by atoms with Gasteiger partial charge in [-0.05, 0) is 17.7 Å². The predicted octanol–water partition coefficient (Wildman–Crippen LogP) is 1.86. The second-order valence-electron chi connectivity index (χ2n) is 4.71. The number of hydrogen-bond donors (Lipinski definition) is 0. The van der Waals surface area contributed by atoms with Crippen LogP contribution in [0.15, 0.2) is 36.5 Å². The average molecular weight is 293 g/mol. The van der Waals surface area contributed by atoms with Crippen LogP contribution < -0.4 is 0 Å². The summed E-state index contributed by atoms with van der Waals surface area (Å²) in [5.74, 6) is 0. The van der Waals surface area contributed by atoms with Gasteiger partial charge in [-0.3, -0.25) is 4.98 Å². The molecule has 0 bridgehead atoms. The van der Waals surface area contributed by atoms with Crippen LogP contribution in [0.3, 0.4) is 0 Å². The third kappa shape index (κ3) is 2.98. The van der Waals surface area contributed by atoms with Crippen molar-refractivity contribution in [2.45, 2.75) is 13.5 Å². The minimum Gasteiger partial charge on any atom is -0.256 e. The van der Waals surface area contributed by atoms with Crippen LogP contribution in [-0.2, 0) is 16.8 Å². The van der Waals surface area contributed by atoms with Crippen LogP contribution in [-0.4, -0.2) is 42.7 Å². The molecule has 6 heteroatoms. The number of aromatic nitrogens is 1. The summed E-state index contributed by atoms with van der Waals surface area (Å²) in [5, 5.41) is 1.01. The van der Waals surface area contributed by atoms with Gasteiger partial charge in [0.25, 0.3) is 10.2 Å². The molecule has 0 spiro atoms. The molecule has 108 valence electrons. The summed E-state index contributed by atoms with van der Waals surface area (Å²) >= 11 is 0. The fraction of sp³-hybridized carbons (Fsp3) is 0.357. The Morgan fingerprint density at radius 1 is 1.15 bits per heavy atom. The second kappa shape index (κ2) is 5.87. The number of fused-ring (bicyclic) bond motifs is 1. The maximum absolute atomic E-state index is 12.2. The van der Waals surface area contributed by atoms with Crippen LogP contribution in [0.2, 0.25) is 0 Å². The van der Waals surface area contributed by atoms with Gasteiger partial charge in [-0.2, -0.15) is 17.0 Å². The van der Waals surface area contributed by atoms with Crippen molar-refractivity contribution >= 4 is 21.1 Å². The molecule has 1 aromatic heterocycles. The Morgan fingerprint density at radius 3 is 2.55 bits per heavy atom. The van der Waals surface area contributed by atoms with Gasteiger partial charge in [0.2, 0.25) is 0 Å². The van der Waals surface area contributed by atoms with Crippen molar-refractivity contribution in [2.75, 3.05) is 20.6 Å². The molecule has 0 aliphatic rings. The van der Waals surface area contributed by atoms with Crippen molar-refractivity contribution in [3.05, 3.63) is 42.1 Å². The van der Waals surface area contributed by atoms with Crippen molar-refractivity contribution in [3.63, 3.8) is 0 Å². The van der Waals surface area contributed by atoms with Crippen molar-refractivity contribution in [1.82, 2.24) is 13.6 Å². The molecule has 0 fully saturated rings. The Hall–Kier alpha value is -1.50. The highest BCUT2D eigenvalue weighted by Crippen LogP contribution is 2.15. The summed E-state index contributed by atoms with van der Waals surface area (Å²) in [6, 6.07) is 9.75. The zero-order chi connectivity index (χ0) is 14.8. The predicted molar refractivity (Wildman–Crippen MR) is 80.4 cm³/mol. The van der Waals surface area contributed by atoms with E-state index in [-0.39, 0.29) is 0 Å². The lowest BCUT2D eigenvalue weighted by molar-refractivity contribution is 0.397. The molecule has 0 atom stereocenters. The SMILES string of the molecule is CCN(C)S(=O)(=O)N(C)Cc1cnc2ccccc2c1. The third-order valence-corrected chi connectivity index (χ3v) is 5.25. The molecular weight excluding hydrogens is 274 g/mol. The van der Waals surface area contributed by atoms with Crippen molar-refractivity contribution in [1.29, 1.82) is 0 Å². The van der Waals surface area contributed by atoms with Crippen LogP contribution in [0.4, 0.5) is 0 Å². The molecular formula is C14H19N3O2S. The van der Waals surface area contributed by atoms with E-state index in [1.807, 2.05) is 37.3 Å². The van der Waals surface area contributed by atoms with Crippen LogP contribution >= 0.6 is 0 Å². The van der Waals surface area contributed by atoms with Gasteiger partial charge in [0, 0.05) is 38.8 Å². The minimum absolute atomic E-state index is 0.310. The first-order valence-corrected chi connectivity index (χ1v) is 7.86. The smallest absolute Gasteiger partial charge is 0.256 e. The minimum atomic E-state index is -3.40. The van der Waals surface area contributed by atoms with Crippen molar-refractivity contribution < 1.29 is 8.42 Å². The van der Waals surface area contributed by atoms with Crippen LogP contribution in [0, 0.1) is 0 Å². The van der Waals surface area contributed by atoms with E-state index in [2.05, 4.69) is 4.98 Å². The zero-order valence-corrected chi connectivity index (χ0v) is 12.8. The number of rotatable bonds is 5. The van der Waals surface area contributed by atoms with E-state index in [4.69, 9.17) is 0 Å². The summed E-state index contributed by atoms with van der Waals surface area (Å²) in [6.07, 6.45) is 1.72. The molecule has 5 nitrogen and oxygen atoms in total. The summed E-state index contributed by atoms with van der Waals surface area (Å²) in [4.78, 5) is 4.35. The maximum Gasteiger partial charge on any atom is 0.281 e. The van der Waals surface area contributed by atoms with Gasteiger partial charge in [-0.15, -0.1) is 0 Å². The average Bonchev–Trinajstić information content (AvgIpc) is 2.46. The molecule has 2 rings (SSSR count). The number of hydrogen-bond acceptors (Lipinski definition) is 3. The number of pyridine rings is 1. The maximum atomic E-state index is 12.2. The van der Waals surface area contributed by atoms with Crippen LogP contribution in [0.5, 0.6) is 0 Å². The standard InChI is InChI=1S/C14H19N3O2S/c1-4-16(2)20(18,19)17(3)11-12-9-13-7-5-6-8-14(13)15-10-12/h5-10H,4,11H2,1-3H3. The summed E-state index contributed by atoms with van der Waals surface area (Å²) < 4.78 is 27.0. The fourth-order valence-corrected chi connectivity index (χ4v) is 3.06. The van der Waals surface area contributed by atoms with Gasteiger partial charge in [-0.25, -0.2) is 0 Å². The van der Waals surface area contributed by atoms with E-state index in [9.17, 15) is 8.42 Å². The topological polar surface area (TPSA) is 53.5 Å². The van der Waals surface area contributed by atoms with Crippen LogP contribution in [0.1, 0.15) is 12.5 Å². The molecule has 1 heterocycles. The number of nitrogens with zero attached hydrogens (tertiary/aromatic N) is 3. The summed E-state index contributed by atoms with van der Waals surface area (Å²) in [5.41, 5.74) is 1.78. The molecule has 0 N–H and O–H groups in total. The Kier molecular flexibility index (Phi) is 4.37. The fourth-order valence-electron chi connectivity index (χ4n) is 1.94. The van der Waals surface area contributed by atoms with Crippen LogP contribution in [0.25, 0.3) is 10.9 Å². The van der Waals surface area contributed by atoms with Gasteiger partial charge in [0.15, 0.2) is 0 Å². The summed E-state index contributed by atoms with van der Waals surface area (Å²) in [6.45, 7) is 2.57. The summed E-state index contributed by atoms with van der Waals surface area (Å²) in [7, 11) is -0.248. The van der Waals surface area contributed by atoms with E-state index in [0.717, 1.165) is 16.5 Å². The molecule has 0 radical (unpaired) electrons. The molecule has 0 saturated carbocycles. The Bertz CT molecular complexity index is 700. The van der Waals surface area contributed by atoms with Gasteiger partial charge in [-0.1, -0.05) is 25.1 Å². The lowest BCUT2D eigenvalue weighted by Gasteiger charge is -2.23. The monoisotopic (exact) mass is 293 g/mol. The molecule has 0 amide bonds. The van der Waals surface area contributed by atoms with E-state index >= 15 is 0 Å². The molecule has 2 aromatic rings. The largest absolute Gasteiger partial charge is 0.281 e. The zero-order valence-electron chi connectivity index (χ0n) is 11.9. The normalized spacial score (nSPS) is 12.4. The first-order chi connectivity index (χ1) is 9.45. The highest BCUT2D eigenvalue weighted by molar-refractivity contribution is 7.86. The van der Waals surface area contributed by atoms with E-state index < -0.39 is 10.2 Å². The van der Waals surface area contributed by atoms with Gasteiger partial charge in [0.1, 0.15) is 0 Å². The molecule has 20 heavy (non-hydrogen) atoms. The van der Waals surface area contributed by atoms with E-state index in [1.54, 1.807) is 20.3 Å². The quantitative estimate of drug-likeness (QED) is 0.845. The number of benzene rings is 1. The van der Waals surface area contributed by atoms with Gasteiger partial charge < -0.3 is 0 Å². The van der Waals surface area contributed by atoms with Gasteiger partial charge in [0.05, 0.1) is 5.52 Å². The second-order valence-corrected chi connectivity index (χ2v) is 6.86. The molecule has 0 saturated heterocycles. The lowest BCUT2D eigenvalue weighted by atomic mass is 10.1.